The van der Waals surface area contributed by atoms with Gasteiger partial charge in [-0.3, -0.25) is 4.79 Å². The molecule has 1 N–H and O–H groups in total. The normalized spacial score (nSPS) is 10.4. The molecule has 2 aromatic rings. The number of aromatic nitrogens is 2. The van der Waals surface area contributed by atoms with E-state index >= 15 is 0 Å². The second-order valence-corrected chi connectivity index (χ2v) is 3.36. The van der Waals surface area contributed by atoms with Crippen molar-refractivity contribution in [2.45, 2.75) is 12.8 Å². The Bertz CT molecular complexity index is 543. The number of aryl methyl sites for hydroxylation is 1. The SMILES string of the molecule is C=CCCc1nc2ccccc2c(=O)[nH]1. The number of aromatic amines is 1. The van der Waals surface area contributed by atoms with Crippen molar-refractivity contribution in [1.29, 1.82) is 0 Å². The summed E-state index contributed by atoms with van der Waals surface area (Å²) in [6, 6.07) is 7.34. The second-order valence-electron chi connectivity index (χ2n) is 3.36. The Morgan fingerprint density at radius 1 is 1.40 bits per heavy atom. The van der Waals surface area contributed by atoms with Crippen LogP contribution in [-0.4, -0.2) is 9.97 Å². The molecule has 76 valence electrons. The van der Waals surface area contributed by atoms with Gasteiger partial charge in [0, 0.05) is 6.42 Å². The average molecular weight is 200 g/mol. The number of nitrogens with one attached hydrogen (secondary N) is 1. The topological polar surface area (TPSA) is 45.8 Å². The Labute approximate surface area is 87.5 Å². The molecule has 0 spiro atoms. The number of rotatable bonds is 3. The van der Waals surface area contributed by atoms with Crippen molar-refractivity contribution < 1.29 is 0 Å². The van der Waals surface area contributed by atoms with Gasteiger partial charge in [0.15, 0.2) is 0 Å². The molecule has 1 aromatic carbocycles. The summed E-state index contributed by atoms with van der Waals surface area (Å²) in [6.07, 6.45) is 3.36. The van der Waals surface area contributed by atoms with Crippen LogP contribution in [0.25, 0.3) is 10.9 Å². The summed E-state index contributed by atoms with van der Waals surface area (Å²) in [4.78, 5) is 18.8. The van der Waals surface area contributed by atoms with Gasteiger partial charge in [-0.1, -0.05) is 18.2 Å². The Balaban J connectivity index is 2.52. The molecule has 0 aliphatic heterocycles. The van der Waals surface area contributed by atoms with Gasteiger partial charge < -0.3 is 4.98 Å². The minimum absolute atomic E-state index is 0.0698. The van der Waals surface area contributed by atoms with Gasteiger partial charge in [-0.15, -0.1) is 6.58 Å². The van der Waals surface area contributed by atoms with Crippen LogP contribution in [0, 0.1) is 0 Å². The van der Waals surface area contributed by atoms with Crippen LogP contribution < -0.4 is 5.56 Å². The minimum atomic E-state index is -0.0698. The summed E-state index contributed by atoms with van der Waals surface area (Å²) in [5, 5.41) is 0.639. The van der Waals surface area contributed by atoms with Crippen molar-refractivity contribution in [3.63, 3.8) is 0 Å². The standard InChI is InChI=1S/C12H12N2O/c1-2-3-8-11-13-10-7-5-4-6-9(10)12(15)14-11/h2,4-7H,1,3,8H2,(H,13,14,15). The number of H-pyrrole nitrogens is 1. The molecule has 0 amide bonds. The van der Waals surface area contributed by atoms with E-state index in [2.05, 4.69) is 16.5 Å². The highest BCUT2D eigenvalue weighted by Gasteiger charge is 2.01. The Morgan fingerprint density at radius 3 is 3.00 bits per heavy atom. The maximum absolute atomic E-state index is 11.6. The van der Waals surface area contributed by atoms with Crippen molar-refractivity contribution in [2.24, 2.45) is 0 Å². The number of nitrogens with zero attached hydrogens (tertiary/aromatic N) is 1. The van der Waals surface area contributed by atoms with Gasteiger partial charge >= 0.3 is 0 Å². The summed E-state index contributed by atoms with van der Waals surface area (Å²) >= 11 is 0. The highest BCUT2D eigenvalue weighted by Crippen LogP contribution is 2.06. The van der Waals surface area contributed by atoms with Gasteiger partial charge in [-0.05, 0) is 18.6 Å². The fourth-order valence-corrected chi connectivity index (χ4v) is 1.49. The van der Waals surface area contributed by atoms with Gasteiger partial charge in [-0.2, -0.15) is 0 Å². The molecule has 0 radical (unpaired) electrons. The highest BCUT2D eigenvalue weighted by molar-refractivity contribution is 5.77. The van der Waals surface area contributed by atoms with E-state index in [1.807, 2.05) is 24.3 Å². The van der Waals surface area contributed by atoms with E-state index in [-0.39, 0.29) is 5.56 Å². The molecule has 1 heterocycles. The van der Waals surface area contributed by atoms with E-state index in [4.69, 9.17) is 0 Å². The summed E-state index contributed by atoms with van der Waals surface area (Å²) in [5.41, 5.74) is 0.681. The number of para-hydroxylation sites is 1. The molecule has 0 atom stereocenters. The van der Waals surface area contributed by atoms with Crippen LogP contribution >= 0.6 is 0 Å². The van der Waals surface area contributed by atoms with Gasteiger partial charge in [0.2, 0.25) is 0 Å². The van der Waals surface area contributed by atoms with Crippen LogP contribution in [0.2, 0.25) is 0 Å². The lowest BCUT2D eigenvalue weighted by Gasteiger charge is -2.00. The first-order valence-corrected chi connectivity index (χ1v) is 4.90. The van der Waals surface area contributed by atoms with Crippen LogP contribution in [0.5, 0.6) is 0 Å². The zero-order valence-electron chi connectivity index (χ0n) is 8.36. The molecule has 15 heavy (non-hydrogen) atoms. The zero-order valence-corrected chi connectivity index (χ0v) is 8.36. The molecule has 0 aliphatic rings. The molecule has 0 unspecified atom stereocenters. The van der Waals surface area contributed by atoms with E-state index < -0.39 is 0 Å². The lowest BCUT2D eigenvalue weighted by Crippen LogP contribution is -2.11. The third-order valence-corrected chi connectivity index (χ3v) is 2.25. The van der Waals surface area contributed by atoms with Gasteiger partial charge in [0.1, 0.15) is 5.82 Å². The predicted octanol–water partition coefficient (Wildman–Crippen LogP) is 2.04. The fraction of sp³-hybridized carbons (Fsp3) is 0.167. The largest absolute Gasteiger partial charge is 0.310 e. The quantitative estimate of drug-likeness (QED) is 0.770. The molecular weight excluding hydrogens is 188 g/mol. The summed E-state index contributed by atoms with van der Waals surface area (Å²) in [5.74, 6) is 0.721. The number of hydrogen-bond donors (Lipinski definition) is 1. The van der Waals surface area contributed by atoms with E-state index in [9.17, 15) is 4.79 Å². The van der Waals surface area contributed by atoms with E-state index in [0.717, 1.165) is 24.2 Å². The molecule has 0 fully saturated rings. The monoisotopic (exact) mass is 200 g/mol. The van der Waals surface area contributed by atoms with Gasteiger partial charge in [-0.25, -0.2) is 4.98 Å². The molecule has 2 rings (SSSR count). The molecule has 3 heteroatoms. The van der Waals surface area contributed by atoms with E-state index in [1.54, 1.807) is 6.07 Å². The van der Waals surface area contributed by atoms with Crippen molar-refractivity contribution in [3.8, 4) is 0 Å². The maximum atomic E-state index is 11.6. The Kier molecular flexibility index (Phi) is 2.63. The Morgan fingerprint density at radius 2 is 2.20 bits per heavy atom. The molecular formula is C12H12N2O. The van der Waals surface area contributed by atoms with Crippen molar-refractivity contribution in [1.82, 2.24) is 9.97 Å². The number of benzene rings is 1. The average Bonchev–Trinajstić information content (AvgIpc) is 2.26. The van der Waals surface area contributed by atoms with Crippen LogP contribution in [0.4, 0.5) is 0 Å². The molecule has 1 aromatic heterocycles. The van der Waals surface area contributed by atoms with Crippen LogP contribution in [-0.2, 0) is 6.42 Å². The second kappa shape index (κ2) is 4.09. The van der Waals surface area contributed by atoms with Crippen molar-refractivity contribution in [3.05, 3.63) is 53.1 Å². The predicted molar refractivity (Wildman–Crippen MR) is 60.9 cm³/mol. The number of allylic oxidation sites excluding steroid dienone is 1. The summed E-state index contributed by atoms with van der Waals surface area (Å²) in [6.45, 7) is 3.64. The fourth-order valence-electron chi connectivity index (χ4n) is 1.49. The first kappa shape index (κ1) is 9.65. The summed E-state index contributed by atoms with van der Waals surface area (Å²) < 4.78 is 0. The highest BCUT2D eigenvalue weighted by atomic mass is 16.1. The van der Waals surface area contributed by atoms with Crippen LogP contribution in [0.1, 0.15) is 12.2 Å². The minimum Gasteiger partial charge on any atom is -0.310 e. The molecule has 0 saturated heterocycles. The first-order valence-electron chi connectivity index (χ1n) is 4.90. The third-order valence-electron chi connectivity index (χ3n) is 2.25. The van der Waals surface area contributed by atoms with E-state index in [1.165, 1.54) is 0 Å². The van der Waals surface area contributed by atoms with E-state index in [0.29, 0.717) is 5.39 Å². The molecule has 0 saturated carbocycles. The summed E-state index contributed by atoms with van der Waals surface area (Å²) in [7, 11) is 0. The van der Waals surface area contributed by atoms with Crippen molar-refractivity contribution >= 4 is 10.9 Å². The Hall–Kier alpha value is -1.90. The van der Waals surface area contributed by atoms with Crippen molar-refractivity contribution in [2.75, 3.05) is 0 Å². The van der Waals surface area contributed by atoms with Crippen LogP contribution in [0.15, 0.2) is 41.7 Å². The number of fused-ring (bicyclic) bond motifs is 1. The molecule has 0 aliphatic carbocycles. The number of hydrogen-bond acceptors (Lipinski definition) is 2. The van der Waals surface area contributed by atoms with Crippen LogP contribution in [0.3, 0.4) is 0 Å². The van der Waals surface area contributed by atoms with Gasteiger partial charge in [0.05, 0.1) is 10.9 Å². The third kappa shape index (κ3) is 1.96. The first-order chi connectivity index (χ1) is 7.31. The lowest BCUT2D eigenvalue weighted by molar-refractivity contribution is 0.883. The maximum Gasteiger partial charge on any atom is 0.258 e. The molecule has 0 bridgehead atoms. The smallest absolute Gasteiger partial charge is 0.258 e. The van der Waals surface area contributed by atoms with Gasteiger partial charge in [0.25, 0.3) is 5.56 Å². The molecule has 3 nitrogen and oxygen atoms in total. The lowest BCUT2D eigenvalue weighted by atomic mass is 10.2. The zero-order chi connectivity index (χ0) is 10.7.